The van der Waals surface area contributed by atoms with Crippen molar-refractivity contribution in [2.24, 2.45) is 0 Å². The van der Waals surface area contributed by atoms with Crippen LogP contribution in [0.15, 0.2) is 25.0 Å². The van der Waals surface area contributed by atoms with Crippen LogP contribution in [0.3, 0.4) is 0 Å². The third kappa shape index (κ3) is 7.38. The van der Waals surface area contributed by atoms with Crippen molar-refractivity contribution in [3.63, 3.8) is 0 Å². The molecule has 0 fully saturated rings. The summed E-state index contributed by atoms with van der Waals surface area (Å²) < 4.78 is 11.1. The van der Waals surface area contributed by atoms with Crippen molar-refractivity contribution in [2.75, 3.05) is 47.9 Å². The summed E-state index contributed by atoms with van der Waals surface area (Å²) in [5.41, 5.74) is 0. The van der Waals surface area contributed by atoms with Gasteiger partial charge in [0.05, 0.1) is 13.2 Å². The van der Waals surface area contributed by atoms with E-state index in [1.165, 1.54) is 6.33 Å². The van der Waals surface area contributed by atoms with Gasteiger partial charge in [-0.1, -0.05) is 6.08 Å². The van der Waals surface area contributed by atoms with Crippen molar-refractivity contribution < 1.29 is 9.47 Å². The molecule has 6 nitrogen and oxygen atoms in total. The van der Waals surface area contributed by atoms with E-state index in [9.17, 15) is 0 Å². The molecule has 0 aliphatic carbocycles. The molecule has 0 N–H and O–H groups in total. The van der Waals surface area contributed by atoms with Crippen molar-refractivity contribution in [3.05, 3.63) is 25.0 Å². The zero-order chi connectivity index (χ0) is 16.4. The van der Waals surface area contributed by atoms with Gasteiger partial charge in [-0.15, -0.1) is 6.58 Å². The molecule has 1 atom stereocenters. The molecular formula is C16H28N4O2. The number of rotatable bonds is 11. The standard InChI is InChI=1S/C16H28N4O2/c1-6-7-8-14(12-20(4)10-9-19(2)3)22-16-11-15(21-5)17-13-18-16/h6,11,13-14H,1,7-10,12H2,2-5H3/t14-/m1/s1. The molecule has 0 unspecified atom stereocenters. The fourth-order valence-electron chi connectivity index (χ4n) is 1.97. The first-order chi connectivity index (χ1) is 10.5. The zero-order valence-electron chi connectivity index (χ0n) is 14.2. The highest BCUT2D eigenvalue weighted by molar-refractivity contribution is 5.18. The molecule has 0 aliphatic heterocycles. The van der Waals surface area contributed by atoms with Crippen LogP contribution in [-0.2, 0) is 0 Å². The predicted octanol–water partition coefficient (Wildman–Crippen LogP) is 1.69. The highest BCUT2D eigenvalue weighted by Gasteiger charge is 2.14. The number of likely N-dealkylation sites (N-methyl/N-ethyl adjacent to an activating group) is 2. The number of methoxy groups -OCH3 is 1. The molecule has 1 rings (SSSR count). The molecule has 1 aromatic rings. The van der Waals surface area contributed by atoms with Crippen molar-refractivity contribution in [1.82, 2.24) is 19.8 Å². The lowest BCUT2D eigenvalue weighted by Gasteiger charge is -2.25. The smallest absolute Gasteiger partial charge is 0.220 e. The summed E-state index contributed by atoms with van der Waals surface area (Å²) in [6.07, 6.45) is 5.24. The fraction of sp³-hybridized carbons (Fsp3) is 0.625. The SMILES string of the molecule is C=CCC[C@H](CN(C)CCN(C)C)Oc1cc(OC)ncn1. The summed E-state index contributed by atoms with van der Waals surface area (Å²) in [6.45, 7) is 6.64. The predicted molar refractivity (Wildman–Crippen MR) is 88.5 cm³/mol. The minimum absolute atomic E-state index is 0.0600. The molecule has 22 heavy (non-hydrogen) atoms. The van der Waals surface area contributed by atoms with Crippen LogP contribution in [0.4, 0.5) is 0 Å². The van der Waals surface area contributed by atoms with Crippen LogP contribution in [0.1, 0.15) is 12.8 Å². The van der Waals surface area contributed by atoms with Crippen LogP contribution in [0.5, 0.6) is 11.8 Å². The molecule has 0 saturated carbocycles. The second-order valence-corrected chi connectivity index (χ2v) is 5.57. The highest BCUT2D eigenvalue weighted by atomic mass is 16.5. The van der Waals surface area contributed by atoms with E-state index in [1.54, 1.807) is 13.2 Å². The van der Waals surface area contributed by atoms with Gasteiger partial charge in [-0.25, -0.2) is 9.97 Å². The Hall–Kier alpha value is -1.66. The van der Waals surface area contributed by atoms with Crippen molar-refractivity contribution in [3.8, 4) is 11.8 Å². The monoisotopic (exact) mass is 308 g/mol. The number of allylic oxidation sites excluding steroid dienone is 1. The van der Waals surface area contributed by atoms with E-state index in [4.69, 9.17) is 9.47 Å². The zero-order valence-corrected chi connectivity index (χ0v) is 14.2. The van der Waals surface area contributed by atoms with Gasteiger partial charge in [-0.2, -0.15) is 0 Å². The van der Waals surface area contributed by atoms with Crippen molar-refractivity contribution in [1.29, 1.82) is 0 Å². The molecule has 0 radical (unpaired) electrons. The highest BCUT2D eigenvalue weighted by Crippen LogP contribution is 2.16. The average molecular weight is 308 g/mol. The second-order valence-electron chi connectivity index (χ2n) is 5.57. The maximum atomic E-state index is 6.00. The average Bonchev–Trinajstić information content (AvgIpc) is 2.50. The Kier molecular flexibility index (Phi) is 8.47. The molecule has 0 spiro atoms. The molecule has 1 aromatic heterocycles. The van der Waals surface area contributed by atoms with Crippen LogP contribution in [0, 0.1) is 0 Å². The number of aromatic nitrogens is 2. The van der Waals surface area contributed by atoms with E-state index in [0.717, 1.165) is 32.5 Å². The third-order valence-electron chi connectivity index (χ3n) is 3.25. The molecule has 0 amide bonds. The summed E-state index contributed by atoms with van der Waals surface area (Å²) in [4.78, 5) is 12.6. The number of nitrogens with zero attached hydrogens (tertiary/aromatic N) is 4. The van der Waals surface area contributed by atoms with E-state index >= 15 is 0 Å². The lowest BCUT2D eigenvalue weighted by molar-refractivity contribution is 0.130. The maximum absolute atomic E-state index is 6.00. The Balaban J connectivity index is 2.60. The van der Waals surface area contributed by atoms with Crippen molar-refractivity contribution in [2.45, 2.75) is 18.9 Å². The van der Waals surface area contributed by atoms with E-state index in [0.29, 0.717) is 11.8 Å². The Morgan fingerprint density at radius 3 is 2.59 bits per heavy atom. The normalized spacial score (nSPS) is 12.5. The molecule has 0 aromatic carbocycles. The van der Waals surface area contributed by atoms with Crippen LogP contribution in [-0.4, -0.2) is 73.8 Å². The lowest BCUT2D eigenvalue weighted by atomic mass is 10.2. The molecular weight excluding hydrogens is 280 g/mol. The first kappa shape index (κ1) is 18.4. The van der Waals surface area contributed by atoms with E-state index in [1.807, 2.05) is 6.08 Å². The van der Waals surface area contributed by atoms with Gasteiger partial charge in [0.1, 0.15) is 12.4 Å². The molecule has 1 heterocycles. The third-order valence-corrected chi connectivity index (χ3v) is 3.25. The van der Waals surface area contributed by atoms with Gasteiger partial charge >= 0.3 is 0 Å². The number of ether oxygens (including phenoxy) is 2. The topological polar surface area (TPSA) is 50.7 Å². The maximum Gasteiger partial charge on any atom is 0.220 e. The minimum Gasteiger partial charge on any atom is -0.481 e. The van der Waals surface area contributed by atoms with E-state index < -0.39 is 0 Å². The van der Waals surface area contributed by atoms with Crippen molar-refractivity contribution >= 4 is 0 Å². The summed E-state index contributed by atoms with van der Waals surface area (Å²) in [5, 5.41) is 0. The fourth-order valence-corrected chi connectivity index (χ4v) is 1.97. The van der Waals surface area contributed by atoms with Gasteiger partial charge in [0, 0.05) is 19.6 Å². The summed E-state index contributed by atoms with van der Waals surface area (Å²) >= 11 is 0. The first-order valence-electron chi connectivity index (χ1n) is 7.52. The van der Waals surface area contributed by atoms with Crippen LogP contribution < -0.4 is 9.47 Å². The molecule has 0 saturated heterocycles. The van der Waals surface area contributed by atoms with Gasteiger partial charge < -0.3 is 19.3 Å². The molecule has 0 bridgehead atoms. The Morgan fingerprint density at radius 2 is 1.95 bits per heavy atom. The van der Waals surface area contributed by atoms with Gasteiger partial charge in [0.15, 0.2) is 0 Å². The second kappa shape index (κ2) is 10.1. The van der Waals surface area contributed by atoms with Gasteiger partial charge in [-0.3, -0.25) is 0 Å². The lowest BCUT2D eigenvalue weighted by Crippen LogP contribution is -2.37. The number of hydrogen-bond donors (Lipinski definition) is 0. The summed E-state index contributed by atoms with van der Waals surface area (Å²) in [7, 11) is 7.84. The Labute approximate surface area is 133 Å². The number of hydrogen-bond acceptors (Lipinski definition) is 6. The Bertz CT molecular complexity index is 440. The van der Waals surface area contributed by atoms with Gasteiger partial charge in [0.25, 0.3) is 0 Å². The molecule has 6 heteroatoms. The summed E-state index contributed by atoms with van der Waals surface area (Å²) in [6, 6.07) is 1.71. The van der Waals surface area contributed by atoms with Gasteiger partial charge in [0.2, 0.25) is 11.8 Å². The molecule has 124 valence electrons. The van der Waals surface area contributed by atoms with Crippen LogP contribution >= 0.6 is 0 Å². The summed E-state index contributed by atoms with van der Waals surface area (Å²) in [5.74, 6) is 1.05. The van der Waals surface area contributed by atoms with Crippen LogP contribution in [0.2, 0.25) is 0 Å². The van der Waals surface area contributed by atoms with E-state index in [2.05, 4.69) is 47.5 Å². The Morgan fingerprint density at radius 1 is 1.23 bits per heavy atom. The van der Waals surface area contributed by atoms with Crippen LogP contribution in [0.25, 0.3) is 0 Å². The first-order valence-corrected chi connectivity index (χ1v) is 7.52. The molecule has 0 aliphatic rings. The van der Waals surface area contributed by atoms with E-state index in [-0.39, 0.29) is 6.10 Å². The largest absolute Gasteiger partial charge is 0.481 e. The quantitative estimate of drug-likeness (QED) is 0.580. The minimum atomic E-state index is 0.0600. The van der Waals surface area contributed by atoms with Gasteiger partial charge in [-0.05, 0) is 34.0 Å².